The molecule has 0 aliphatic carbocycles. The van der Waals surface area contributed by atoms with E-state index in [0.29, 0.717) is 4.90 Å². The van der Waals surface area contributed by atoms with Gasteiger partial charge >= 0.3 is 57.4 Å². The van der Waals surface area contributed by atoms with E-state index in [1.807, 2.05) is 0 Å². The van der Waals surface area contributed by atoms with E-state index in [4.69, 9.17) is 34.8 Å². The molecule has 1 N–H and O–H groups in total. The third-order valence-electron chi connectivity index (χ3n) is 3.88. The van der Waals surface area contributed by atoms with E-state index < -0.39 is 44.7 Å². The molecule has 2 aliphatic rings. The monoisotopic (exact) mass is 469 g/mol. The number of nitrogens with one attached hydrogen (secondary N) is 1. The van der Waals surface area contributed by atoms with Crippen molar-refractivity contribution in [3.05, 3.63) is 23.0 Å². The van der Waals surface area contributed by atoms with Gasteiger partial charge in [-0.05, 0) is 18.6 Å². The summed E-state index contributed by atoms with van der Waals surface area (Å²) in [5.41, 5.74) is -0.589. The van der Waals surface area contributed by atoms with Crippen LogP contribution in [0.3, 0.4) is 0 Å². The summed E-state index contributed by atoms with van der Waals surface area (Å²) in [5.74, 6) is -1.57. The summed E-state index contributed by atoms with van der Waals surface area (Å²) in [6.45, 7) is 0.175. The van der Waals surface area contributed by atoms with Gasteiger partial charge in [-0.25, -0.2) is 22.5 Å². The largest absolute Gasteiger partial charge is 1.00 e. The van der Waals surface area contributed by atoms with Crippen molar-refractivity contribution in [2.75, 3.05) is 21.4 Å². The Balaban J connectivity index is 0.00000182. The minimum absolute atomic E-state index is 0. The van der Waals surface area contributed by atoms with Crippen molar-refractivity contribution in [1.29, 1.82) is 0 Å². The van der Waals surface area contributed by atoms with Crippen LogP contribution in [0, 0.1) is 5.82 Å². The first-order valence-electron chi connectivity index (χ1n) is 6.98. The topological polar surface area (TPSA) is 86.8 Å². The molecule has 2 atom stereocenters. The molecule has 2 aliphatic heterocycles. The van der Waals surface area contributed by atoms with E-state index >= 15 is 0 Å². The zero-order valence-corrected chi connectivity index (χ0v) is 19.6. The first-order chi connectivity index (χ1) is 11.6. The number of nitrogens with zero attached hydrogens (tertiary/aromatic N) is 2. The summed E-state index contributed by atoms with van der Waals surface area (Å²) in [7, 11) is -3.91. The third kappa shape index (κ3) is 4.18. The fourth-order valence-electron chi connectivity index (χ4n) is 2.81. The molecular weight excluding hydrogens is 459 g/mol. The molecule has 0 saturated carbocycles. The van der Waals surface area contributed by atoms with Crippen LogP contribution in [0.1, 0.15) is 7.85 Å². The number of halogens is 4. The van der Waals surface area contributed by atoms with E-state index in [9.17, 15) is 22.4 Å². The fraction of sp³-hybridized carbons (Fsp3) is 0.385. The van der Waals surface area contributed by atoms with E-state index in [0.717, 1.165) is 12.1 Å². The van der Waals surface area contributed by atoms with E-state index in [2.05, 4.69) is 4.72 Å². The predicted molar refractivity (Wildman–Crippen MR) is 93.4 cm³/mol. The quantitative estimate of drug-likeness (QED) is 0.371. The van der Waals surface area contributed by atoms with Crippen LogP contribution in [0.25, 0.3) is 0 Å². The number of fused-ring (bicyclic) bond motifs is 1. The van der Waals surface area contributed by atoms with Gasteiger partial charge in [0.2, 0.25) is 10.0 Å². The zero-order valence-electron chi connectivity index (χ0n) is 14.4. The van der Waals surface area contributed by atoms with Gasteiger partial charge < -0.3 is 6.33 Å². The van der Waals surface area contributed by atoms with Crippen LogP contribution in [0.2, 0.25) is 5.02 Å². The zero-order chi connectivity index (χ0) is 18.5. The summed E-state index contributed by atoms with van der Waals surface area (Å²) in [5, 5.41) is -1.33. The molecule has 1 aromatic carbocycles. The van der Waals surface area contributed by atoms with E-state index in [1.165, 1.54) is 4.90 Å². The van der Waals surface area contributed by atoms with Crippen LogP contribution in [-0.2, 0) is 14.8 Å². The van der Waals surface area contributed by atoms with Gasteiger partial charge in [-0.2, -0.15) is 0 Å². The summed E-state index contributed by atoms with van der Waals surface area (Å²) < 4.78 is 39.6. The molecular formula is C13H12Cl3FKN3O4S. The number of anilines is 2. The predicted octanol–water partition coefficient (Wildman–Crippen LogP) is -0.318. The molecule has 0 bridgehead atoms. The standard InChI is InChI=1S/C13H11Cl3FN3O4S.K.H/c14-5-25(23,24)18-9-3-10(8(17)2-7(9)16)20-12(21)11-1-6(15)4-19(11)13(20)22;;/h2-3,6,11,18H,1,4-5H2;;/q;+1;-1. The maximum atomic E-state index is 14.3. The van der Waals surface area contributed by atoms with Gasteiger partial charge in [-0.1, -0.05) is 11.6 Å². The van der Waals surface area contributed by atoms with Crippen molar-refractivity contribution in [3.8, 4) is 0 Å². The number of urea groups is 1. The van der Waals surface area contributed by atoms with Gasteiger partial charge in [0, 0.05) is 6.54 Å². The summed E-state index contributed by atoms with van der Waals surface area (Å²) in [4.78, 5) is 26.8. The Morgan fingerprint density at radius 3 is 2.58 bits per heavy atom. The Kier molecular flexibility index (Phi) is 7.29. The molecule has 13 heteroatoms. The normalized spacial score (nSPS) is 22.5. The summed E-state index contributed by atoms with van der Waals surface area (Å²) in [6, 6.07) is 0.327. The number of alkyl halides is 2. The Morgan fingerprint density at radius 1 is 1.35 bits per heavy atom. The maximum Gasteiger partial charge on any atom is 1.00 e. The van der Waals surface area contributed by atoms with Crippen molar-refractivity contribution in [2.45, 2.75) is 17.8 Å². The Morgan fingerprint density at radius 2 is 2.00 bits per heavy atom. The van der Waals surface area contributed by atoms with Crippen LogP contribution in [0.5, 0.6) is 0 Å². The minimum Gasteiger partial charge on any atom is -1.00 e. The molecule has 3 rings (SSSR count). The smallest absolute Gasteiger partial charge is 1.00 e. The molecule has 0 spiro atoms. The number of hydrogen-bond acceptors (Lipinski definition) is 4. The molecule has 2 heterocycles. The molecule has 26 heavy (non-hydrogen) atoms. The Labute approximate surface area is 208 Å². The molecule has 138 valence electrons. The summed E-state index contributed by atoms with van der Waals surface area (Å²) in [6.07, 6.45) is 0.267. The van der Waals surface area contributed by atoms with Gasteiger partial charge in [-0.3, -0.25) is 9.52 Å². The van der Waals surface area contributed by atoms with Crippen LogP contribution < -0.4 is 61.0 Å². The SMILES string of the molecule is O=C1C2CC(Cl)CN2C(=O)N1c1cc(NS(=O)(=O)CCl)c(Cl)cc1F.[H-].[K+]. The second-order valence-corrected chi connectivity index (χ2v) is 8.90. The second kappa shape index (κ2) is 8.38. The van der Waals surface area contributed by atoms with Crippen LogP contribution >= 0.6 is 34.8 Å². The van der Waals surface area contributed by atoms with Crippen LogP contribution in [0.4, 0.5) is 20.6 Å². The molecule has 2 unspecified atom stereocenters. The molecule has 2 fully saturated rings. The van der Waals surface area contributed by atoms with Gasteiger partial charge in [0.15, 0.2) is 0 Å². The van der Waals surface area contributed by atoms with Gasteiger partial charge in [0.1, 0.15) is 17.1 Å². The van der Waals surface area contributed by atoms with Crippen molar-refractivity contribution < 1.29 is 75.2 Å². The van der Waals surface area contributed by atoms with E-state index in [-0.39, 0.29) is 81.9 Å². The van der Waals surface area contributed by atoms with Crippen molar-refractivity contribution in [1.82, 2.24) is 4.90 Å². The molecule has 0 radical (unpaired) electrons. The number of sulfonamides is 1. The number of carbonyl (C=O) groups excluding carboxylic acids is 2. The molecule has 1 aromatic rings. The summed E-state index contributed by atoms with van der Waals surface area (Å²) >= 11 is 17.1. The average Bonchev–Trinajstić information content (AvgIpc) is 3.01. The van der Waals surface area contributed by atoms with Gasteiger partial charge in [-0.15, -0.1) is 23.2 Å². The molecule has 0 aromatic heterocycles. The van der Waals surface area contributed by atoms with Gasteiger partial charge in [0.25, 0.3) is 5.91 Å². The number of hydrogen-bond donors (Lipinski definition) is 1. The number of amides is 3. The molecule has 3 amide bonds. The van der Waals surface area contributed by atoms with Crippen molar-refractivity contribution in [2.24, 2.45) is 0 Å². The average molecular weight is 471 g/mol. The number of benzene rings is 1. The molecule has 7 nitrogen and oxygen atoms in total. The fourth-order valence-corrected chi connectivity index (χ4v) is 4.10. The number of carbonyl (C=O) groups is 2. The maximum absolute atomic E-state index is 14.3. The Bertz CT molecular complexity index is 855. The van der Waals surface area contributed by atoms with E-state index in [1.54, 1.807) is 0 Å². The van der Waals surface area contributed by atoms with Crippen molar-refractivity contribution >= 4 is 68.1 Å². The number of rotatable bonds is 4. The number of imide groups is 1. The van der Waals surface area contributed by atoms with Gasteiger partial charge in [0.05, 0.1) is 21.8 Å². The first-order valence-corrected chi connectivity index (χ1v) is 9.99. The van der Waals surface area contributed by atoms with Crippen molar-refractivity contribution in [3.63, 3.8) is 0 Å². The Hall–Kier alpha value is 0.346. The van der Waals surface area contributed by atoms with Crippen LogP contribution in [0.15, 0.2) is 12.1 Å². The second-order valence-electron chi connectivity index (χ2n) is 5.57. The van der Waals surface area contributed by atoms with Crippen LogP contribution in [-0.4, -0.2) is 48.4 Å². The first kappa shape index (κ1) is 22.6. The molecule has 2 saturated heterocycles. The minimum atomic E-state index is -3.91. The third-order valence-corrected chi connectivity index (χ3v) is 6.19.